The highest BCUT2D eigenvalue weighted by Crippen LogP contribution is 2.36. The van der Waals surface area contributed by atoms with E-state index in [1.807, 2.05) is 0 Å². The molecule has 0 atom stereocenters. The number of hydrogen-bond donors (Lipinski definition) is 0. The maximum absolute atomic E-state index is 4.08. The Morgan fingerprint density at radius 3 is 2.31 bits per heavy atom. The van der Waals surface area contributed by atoms with Gasteiger partial charge in [0.2, 0.25) is 0 Å². The van der Waals surface area contributed by atoms with E-state index < -0.39 is 0 Å². The van der Waals surface area contributed by atoms with E-state index in [-0.39, 0.29) is 0 Å². The van der Waals surface area contributed by atoms with E-state index in [0.29, 0.717) is 11.8 Å². The fourth-order valence-corrected chi connectivity index (χ4v) is 2.58. The lowest BCUT2D eigenvalue weighted by Crippen LogP contribution is -2.10. The average Bonchev–Trinajstić information content (AvgIpc) is 2.16. The molecule has 16 heavy (non-hydrogen) atoms. The van der Waals surface area contributed by atoms with Gasteiger partial charge >= 0.3 is 0 Å². The van der Waals surface area contributed by atoms with Gasteiger partial charge in [-0.15, -0.1) is 0 Å². The van der Waals surface area contributed by atoms with Gasteiger partial charge in [0.25, 0.3) is 0 Å². The second-order valence-corrected chi connectivity index (χ2v) is 5.65. The molecule has 0 aromatic heterocycles. The molecule has 1 aliphatic rings. The minimum Gasteiger partial charge on any atom is -0.0998 e. The van der Waals surface area contributed by atoms with Gasteiger partial charge < -0.3 is 0 Å². The molecule has 0 amide bonds. The quantitative estimate of drug-likeness (QED) is 0.563. The lowest BCUT2D eigenvalue weighted by molar-refractivity contribution is 0.660. The molecule has 0 heterocycles. The highest BCUT2D eigenvalue weighted by atomic mass is 14.2. The zero-order valence-corrected chi connectivity index (χ0v) is 11.6. The van der Waals surface area contributed by atoms with Gasteiger partial charge in [-0.1, -0.05) is 51.5 Å². The van der Waals surface area contributed by atoms with Crippen LogP contribution in [0.25, 0.3) is 0 Å². The monoisotopic (exact) mass is 218 g/mol. The second-order valence-electron chi connectivity index (χ2n) is 5.65. The fourth-order valence-electron chi connectivity index (χ4n) is 2.58. The Labute approximate surface area is 101 Å². The van der Waals surface area contributed by atoms with Crippen LogP contribution in [0.1, 0.15) is 53.9 Å². The van der Waals surface area contributed by atoms with Gasteiger partial charge in [0.1, 0.15) is 0 Å². The Balaban J connectivity index is 3.11. The standard InChI is InChI=1S/C16H26/c1-11(2)10-16-14(12(3)4)8-7-9-15(16)13(5)6/h8,12-13H,1,7,9-10H2,2-6H3. The first kappa shape index (κ1) is 13.3. The second kappa shape index (κ2) is 5.52. The Morgan fingerprint density at radius 2 is 1.88 bits per heavy atom. The normalized spacial score (nSPS) is 17.1. The van der Waals surface area contributed by atoms with Crippen LogP contribution in [0.2, 0.25) is 0 Å². The molecule has 0 saturated heterocycles. The Morgan fingerprint density at radius 1 is 1.25 bits per heavy atom. The molecule has 0 spiro atoms. The summed E-state index contributed by atoms with van der Waals surface area (Å²) in [5.41, 5.74) is 6.09. The molecule has 0 radical (unpaired) electrons. The summed E-state index contributed by atoms with van der Waals surface area (Å²) in [5.74, 6) is 1.32. The van der Waals surface area contributed by atoms with Gasteiger partial charge in [-0.3, -0.25) is 0 Å². The van der Waals surface area contributed by atoms with Gasteiger partial charge in [-0.2, -0.15) is 0 Å². The van der Waals surface area contributed by atoms with E-state index in [0.717, 1.165) is 6.42 Å². The van der Waals surface area contributed by atoms with E-state index in [2.05, 4.69) is 47.3 Å². The minimum atomic E-state index is 0.642. The van der Waals surface area contributed by atoms with Gasteiger partial charge in [0.15, 0.2) is 0 Å². The Bertz CT molecular complexity index is 324. The van der Waals surface area contributed by atoms with Crippen LogP contribution in [0.4, 0.5) is 0 Å². The van der Waals surface area contributed by atoms with Crippen LogP contribution in [0.3, 0.4) is 0 Å². The number of hydrogen-bond acceptors (Lipinski definition) is 0. The molecule has 0 aromatic rings. The van der Waals surface area contributed by atoms with E-state index in [4.69, 9.17) is 0 Å². The van der Waals surface area contributed by atoms with Crippen LogP contribution in [-0.4, -0.2) is 0 Å². The minimum absolute atomic E-state index is 0.642. The van der Waals surface area contributed by atoms with Crippen molar-refractivity contribution in [2.75, 3.05) is 0 Å². The summed E-state index contributed by atoms with van der Waals surface area (Å²) in [7, 11) is 0. The van der Waals surface area contributed by atoms with Crippen LogP contribution in [0.5, 0.6) is 0 Å². The lowest BCUT2D eigenvalue weighted by Gasteiger charge is -2.27. The van der Waals surface area contributed by atoms with Gasteiger partial charge in [0, 0.05) is 0 Å². The van der Waals surface area contributed by atoms with Crippen molar-refractivity contribution in [1.29, 1.82) is 0 Å². The molecule has 0 heteroatoms. The molecular formula is C16H26. The third-order valence-electron chi connectivity index (χ3n) is 3.31. The molecule has 1 rings (SSSR count). The molecule has 0 aliphatic heterocycles. The van der Waals surface area contributed by atoms with E-state index in [1.165, 1.54) is 18.4 Å². The first-order valence-corrected chi connectivity index (χ1v) is 6.50. The first-order chi connectivity index (χ1) is 7.43. The summed E-state index contributed by atoms with van der Waals surface area (Å²) in [5, 5.41) is 0. The van der Waals surface area contributed by atoms with E-state index >= 15 is 0 Å². The number of rotatable bonds is 4. The van der Waals surface area contributed by atoms with Crippen molar-refractivity contribution in [3.8, 4) is 0 Å². The van der Waals surface area contributed by atoms with Crippen molar-refractivity contribution in [1.82, 2.24) is 0 Å². The number of allylic oxidation sites excluding steroid dienone is 5. The fraction of sp³-hybridized carbons (Fsp3) is 0.625. The molecular weight excluding hydrogens is 192 g/mol. The summed E-state index contributed by atoms with van der Waals surface area (Å²) in [4.78, 5) is 0. The summed E-state index contributed by atoms with van der Waals surface area (Å²) in [6.45, 7) is 15.4. The molecule has 0 fully saturated rings. The van der Waals surface area contributed by atoms with Crippen molar-refractivity contribution in [3.63, 3.8) is 0 Å². The summed E-state index contributed by atoms with van der Waals surface area (Å²) in [6, 6.07) is 0. The lowest BCUT2D eigenvalue weighted by atomic mass is 9.79. The largest absolute Gasteiger partial charge is 0.0998 e. The maximum Gasteiger partial charge on any atom is -0.00702 e. The topological polar surface area (TPSA) is 0 Å². The highest BCUT2D eigenvalue weighted by Gasteiger charge is 2.19. The summed E-state index contributed by atoms with van der Waals surface area (Å²) in [6.07, 6.45) is 5.98. The van der Waals surface area contributed by atoms with Crippen molar-refractivity contribution in [2.45, 2.75) is 53.9 Å². The van der Waals surface area contributed by atoms with Gasteiger partial charge in [-0.25, -0.2) is 0 Å². The molecule has 0 bridgehead atoms. The van der Waals surface area contributed by atoms with Crippen molar-refractivity contribution in [2.24, 2.45) is 11.8 Å². The molecule has 0 N–H and O–H groups in total. The average molecular weight is 218 g/mol. The van der Waals surface area contributed by atoms with Crippen LogP contribution < -0.4 is 0 Å². The highest BCUT2D eigenvalue weighted by molar-refractivity contribution is 5.42. The molecule has 0 saturated carbocycles. The van der Waals surface area contributed by atoms with E-state index in [1.54, 1.807) is 16.7 Å². The Kier molecular flexibility index (Phi) is 4.58. The van der Waals surface area contributed by atoms with Gasteiger partial charge in [-0.05, 0) is 49.2 Å². The molecule has 90 valence electrons. The zero-order valence-electron chi connectivity index (χ0n) is 11.6. The summed E-state index contributed by atoms with van der Waals surface area (Å²) < 4.78 is 0. The zero-order chi connectivity index (χ0) is 12.3. The van der Waals surface area contributed by atoms with Crippen molar-refractivity contribution >= 4 is 0 Å². The predicted molar refractivity (Wildman–Crippen MR) is 73.5 cm³/mol. The molecule has 0 nitrogen and oxygen atoms in total. The predicted octanol–water partition coefficient (Wildman–Crippen LogP) is 5.28. The van der Waals surface area contributed by atoms with Crippen LogP contribution in [0.15, 0.2) is 34.9 Å². The molecule has 0 aromatic carbocycles. The van der Waals surface area contributed by atoms with Crippen molar-refractivity contribution < 1.29 is 0 Å². The third kappa shape index (κ3) is 3.10. The van der Waals surface area contributed by atoms with Crippen LogP contribution in [-0.2, 0) is 0 Å². The Hall–Kier alpha value is -0.780. The van der Waals surface area contributed by atoms with Gasteiger partial charge in [0.05, 0.1) is 0 Å². The van der Waals surface area contributed by atoms with Crippen LogP contribution in [0, 0.1) is 11.8 Å². The summed E-state index contributed by atoms with van der Waals surface area (Å²) >= 11 is 0. The van der Waals surface area contributed by atoms with E-state index in [9.17, 15) is 0 Å². The SMILES string of the molecule is C=C(C)CC1=C(C(C)C)CCC=C1C(C)C. The maximum atomic E-state index is 4.08. The molecule has 0 unspecified atom stereocenters. The van der Waals surface area contributed by atoms with Crippen molar-refractivity contribution in [3.05, 3.63) is 34.9 Å². The molecule has 1 aliphatic carbocycles. The first-order valence-electron chi connectivity index (χ1n) is 6.50. The third-order valence-corrected chi connectivity index (χ3v) is 3.31. The van der Waals surface area contributed by atoms with Crippen LogP contribution >= 0.6 is 0 Å². The smallest absolute Gasteiger partial charge is 0.00702 e.